The highest BCUT2D eigenvalue weighted by Gasteiger charge is 2.32. The van der Waals surface area contributed by atoms with E-state index in [1.54, 1.807) is 42.5 Å². The van der Waals surface area contributed by atoms with E-state index in [2.05, 4.69) is 15.5 Å². The molecule has 1 fully saturated rings. The number of carbonyl (C=O) groups is 2. The molecule has 0 unspecified atom stereocenters. The van der Waals surface area contributed by atoms with Crippen molar-refractivity contribution in [1.82, 2.24) is 5.32 Å². The average molecular weight is 401 g/mol. The smallest absolute Gasteiger partial charge is 0.305 e. The van der Waals surface area contributed by atoms with Crippen LogP contribution in [0.4, 0.5) is 4.39 Å². The van der Waals surface area contributed by atoms with Crippen LogP contribution in [-0.2, 0) is 16.2 Å². The number of benzene rings is 2. The Labute approximate surface area is 164 Å². The van der Waals surface area contributed by atoms with Gasteiger partial charge in [0.1, 0.15) is 23.4 Å². The molecule has 0 saturated carbocycles. The van der Waals surface area contributed by atoms with Gasteiger partial charge in [-0.25, -0.2) is 4.39 Å². The maximum atomic E-state index is 13.6. The van der Waals surface area contributed by atoms with Gasteiger partial charge in [-0.1, -0.05) is 30.0 Å². The Bertz CT molecular complexity index is 931. The predicted molar refractivity (Wildman–Crippen MR) is 104 cm³/mol. The molecule has 1 saturated heterocycles. The number of hydrogen-bond donors (Lipinski definition) is 2. The lowest BCUT2D eigenvalue weighted by molar-refractivity contribution is -0.138. The zero-order valence-corrected chi connectivity index (χ0v) is 15.4. The Morgan fingerprint density at radius 3 is 2.71 bits per heavy atom. The van der Waals surface area contributed by atoms with Crippen LogP contribution in [0.2, 0.25) is 0 Å². The van der Waals surface area contributed by atoms with Crippen molar-refractivity contribution >= 4 is 35.0 Å². The van der Waals surface area contributed by atoms with Gasteiger partial charge < -0.3 is 15.2 Å². The Balaban J connectivity index is 1.53. The maximum absolute atomic E-state index is 13.6. The lowest BCUT2D eigenvalue weighted by Crippen LogP contribution is -2.26. The summed E-state index contributed by atoms with van der Waals surface area (Å²) in [6, 6.07) is 13.4. The second-order valence-electron chi connectivity index (χ2n) is 5.79. The number of thioether (sulfide) groups is 1. The van der Waals surface area contributed by atoms with Gasteiger partial charge in [0, 0.05) is 5.56 Å². The van der Waals surface area contributed by atoms with Gasteiger partial charge in [0.2, 0.25) is 5.91 Å². The van der Waals surface area contributed by atoms with Crippen LogP contribution < -0.4 is 10.1 Å². The summed E-state index contributed by atoms with van der Waals surface area (Å²) in [6.07, 6.45) is 1.22. The number of carboxylic acid groups (broad SMARTS) is 1. The van der Waals surface area contributed by atoms with Gasteiger partial charge in [-0.2, -0.15) is 5.10 Å². The van der Waals surface area contributed by atoms with Crippen LogP contribution in [0.25, 0.3) is 0 Å². The van der Waals surface area contributed by atoms with Gasteiger partial charge in [0.05, 0.1) is 12.6 Å². The molecule has 7 nitrogen and oxygen atoms in total. The zero-order chi connectivity index (χ0) is 19.9. The first-order valence-corrected chi connectivity index (χ1v) is 9.16. The third kappa shape index (κ3) is 5.40. The van der Waals surface area contributed by atoms with Crippen molar-refractivity contribution in [3.05, 3.63) is 65.5 Å². The summed E-state index contributed by atoms with van der Waals surface area (Å²) in [4.78, 5) is 22.3. The normalized spacial score (nSPS) is 17.8. The molecule has 0 aromatic heterocycles. The van der Waals surface area contributed by atoms with Crippen LogP contribution >= 0.6 is 11.8 Å². The number of nitrogens with zero attached hydrogens (tertiary/aromatic N) is 2. The van der Waals surface area contributed by atoms with Crippen LogP contribution in [0.1, 0.15) is 17.5 Å². The number of rotatable bonds is 7. The molecule has 1 heterocycles. The van der Waals surface area contributed by atoms with Gasteiger partial charge in [-0.05, 0) is 35.9 Å². The monoisotopic (exact) mass is 401 g/mol. The van der Waals surface area contributed by atoms with Crippen molar-refractivity contribution in [3.63, 3.8) is 0 Å². The highest BCUT2D eigenvalue weighted by atomic mass is 32.2. The number of amidine groups is 1. The molecule has 2 aromatic carbocycles. The molecule has 1 amide bonds. The number of aliphatic carboxylic acids is 1. The van der Waals surface area contributed by atoms with Crippen molar-refractivity contribution < 1.29 is 23.8 Å². The summed E-state index contributed by atoms with van der Waals surface area (Å²) < 4.78 is 19.1. The standard InChI is InChI=1S/C19H16FN3O4S/c20-15-4-2-1-3-13(15)11-27-14-7-5-12(6-8-14)10-21-23-19-22-18(26)16(28-19)9-17(24)25/h1-8,10,16H,9,11H2,(H,24,25)(H,22,23,26)/b21-10-/t16-/m1/s1. The summed E-state index contributed by atoms with van der Waals surface area (Å²) in [5.41, 5.74) is 1.22. The van der Waals surface area contributed by atoms with Crippen LogP contribution in [-0.4, -0.2) is 33.6 Å². The summed E-state index contributed by atoms with van der Waals surface area (Å²) in [5.74, 6) is -1.16. The predicted octanol–water partition coefficient (Wildman–Crippen LogP) is 2.80. The highest BCUT2D eigenvalue weighted by molar-refractivity contribution is 8.15. The van der Waals surface area contributed by atoms with Gasteiger partial charge in [-0.15, -0.1) is 5.10 Å². The second kappa shape index (κ2) is 9.14. The topological polar surface area (TPSA) is 100 Å². The van der Waals surface area contributed by atoms with E-state index < -0.39 is 17.1 Å². The Kier molecular flexibility index (Phi) is 6.38. The number of ether oxygens (including phenoxy) is 1. The second-order valence-corrected chi connectivity index (χ2v) is 6.98. The molecule has 1 aliphatic rings. The molecule has 3 rings (SSSR count). The SMILES string of the molecule is O=C(O)C[C@H]1S/C(=N\N=C/c2ccc(OCc3ccccc3F)cc2)NC1=O. The Morgan fingerprint density at radius 2 is 2.00 bits per heavy atom. The average Bonchev–Trinajstić information content (AvgIpc) is 3.01. The fraction of sp³-hybridized carbons (Fsp3) is 0.158. The number of carbonyl (C=O) groups excluding carboxylic acids is 1. The lowest BCUT2D eigenvalue weighted by Gasteiger charge is -2.07. The van der Waals surface area contributed by atoms with E-state index in [1.807, 2.05) is 0 Å². The summed E-state index contributed by atoms with van der Waals surface area (Å²) in [6.45, 7) is 0.127. The summed E-state index contributed by atoms with van der Waals surface area (Å²) in [7, 11) is 0. The molecule has 1 aliphatic heterocycles. The first-order valence-electron chi connectivity index (χ1n) is 8.28. The number of halogens is 1. The fourth-order valence-electron chi connectivity index (χ4n) is 2.32. The maximum Gasteiger partial charge on any atom is 0.305 e. The number of carboxylic acids is 1. The van der Waals surface area contributed by atoms with E-state index in [0.717, 1.165) is 17.3 Å². The van der Waals surface area contributed by atoms with E-state index >= 15 is 0 Å². The minimum absolute atomic E-state index is 0.127. The molecule has 9 heteroatoms. The largest absolute Gasteiger partial charge is 0.489 e. The Hall–Kier alpha value is -3.20. The minimum atomic E-state index is -1.05. The first-order chi connectivity index (χ1) is 13.5. The third-order valence-corrected chi connectivity index (χ3v) is 4.80. The molecule has 1 atom stereocenters. The number of amides is 1. The van der Waals surface area contributed by atoms with E-state index in [9.17, 15) is 14.0 Å². The molecule has 2 N–H and O–H groups in total. The van der Waals surface area contributed by atoms with Crippen LogP contribution in [0.3, 0.4) is 0 Å². The molecular formula is C19H16FN3O4S. The molecule has 144 valence electrons. The fourth-order valence-corrected chi connectivity index (χ4v) is 3.23. The Morgan fingerprint density at radius 1 is 1.25 bits per heavy atom. The molecule has 0 bridgehead atoms. The van der Waals surface area contributed by atoms with Gasteiger partial charge in [0.25, 0.3) is 0 Å². The quantitative estimate of drug-likeness (QED) is 0.549. The lowest BCUT2D eigenvalue weighted by atomic mass is 10.2. The third-order valence-electron chi connectivity index (χ3n) is 3.72. The van der Waals surface area contributed by atoms with E-state index in [1.165, 1.54) is 12.3 Å². The van der Waals surface area contributed by atoms with Crippen LogP contribution in [0, 0.1) is 5.82 Å². The van der Waals surface area contributed by atoms with E-state index in [-0.39, 0.29) is 24.0 Å². The van der Waals surface area contributed by atoms with Crippen molar-refractivity contribution in [2.75, 3.05) is 0 Å². The van der Waals surface area contributed by atoms with Gasteiger partial charge in [-0.3, -0.25) is 9.59 Å². The molecule has 0 spiro atoms. The van der Waals surface area contributed by atoms with E-state index in [0.29, 0.717) is 11.3 Å². The van der Waals surface area contributed by atoms with Crippen molar-refractivity contribution in [3.8, 4) is 5.75 Å². The van der Waals surface area contributed by atoms with Crippen LogP contribution in [0.15, 0.2) is 58.7 Å². The van der Waals surface area contributed by atoms with Crippen LogP contribution in [0.5, 0.6) is 5.75 Å². The van der Waals surface area contributed by atoms with Crippen molar-refractivity contribution in [2.45, 2.75) is 18.3 Å². The van der Waals surface area contributed by atoms with Gasteiger partial charge in [0.15, 0.2) is 5.17 Å². The number of hydrogen-bond acceptors (Lipinski definition) is 6. The molecule has 2 aromatic rings. The molecule has 0 aliphatic carbocycles. The van der Waals surface area contributed by atoms with Gasteiger partial charge >= 0.3 is 5.97 Å². The summed E-state index contributed by atoms with van der Waals surface area (Å²) in [5, 5.41) is 18.6. The summed E-state index contributed by atoms with van der Waals surface area (Å²) >= 11 is 1.03. The molecule has 28 heavy (non-hydrogen) atoms. The first kappa shape index (κ1) is 19.6. The molecule has 0 radical (unpaired) electrons. The zero-order valence-electron chi connectivity index (χ0n) is 14.5. The highest BCUT2D eigenvalue weighted by Crippen LogP contribution is 2.22. The van der Waals surface area contributed by atoms with E-state index in [4.69, 9.17) is 9.84 Å². The minimum Gasteiger partial charge on any atom is -0.489 e. The van der Waals surface area contributed by atoms with Crippen molar-refractivity contribution in [1.29, 1.82) is 0 Å². The molecular weight excluding hydrogens is 385 g/mol. The number of nitrogens with one attached hydrogen (secondary N) is 1. The van der Waals surface area contributed by atoms with Crippen molar-refractivity contribution in [2.24, 2.45) is 10.2 Å².